The Hall–Kier alpha value is -2.11. The van der Waals surface area contributed by atoms with Crippen molar-refractivity contribution < 1.29 is 14.8 Å². The lowest BCUT2D eigenvalue weighted by atomic mass is 9.91. The lowest BCUT2D eigenvalue weighted by molar-refractivity contribution is -0.384. The Kier molecular flexibility index (Phi) is 3.92. The van der Waals surface area contributed by atoms with Crippen molar-refractivity contribution in [2.45, 2.75) is 20.3 Å². The molecule has 2 unspecified atom stereocenters. The largest absolute Gasteiger partial charge is 0.477 e. The fourth-order valence-electron chi connectivity index (χ4n) is 3.01. The maximum Gasteiger partial charge on any atom is 0.342 e. The summed E-state index contributed by atoms with van der Waals surface area (Å²) in [4.78, 5) is 23.8. The average Bonchev–Trinajstić information content (AvgIpc) is 2.36. The van der Waals surface area contributed by atoms with E-state index in [4.69, 9.17) is 5.11 Å². The van der Waals surface area contributed by atoms with Crippen molar-refractivity contribution >= 4 is 17.3 Å². The van der Waals surface area contributed by atoms with Crippen molar-refractivity contribution in [2.75, 3.05) is 18.0 Å². The first kappa shape index (κ1) is 14.3. The van der Waals surface area contributed by atoms with Crippen molar-refractivity contribution in [3.8, 4) is 0 Å². The smallest absolute Gasteiger partial charge is 0.342 e. The van der Waals surface area contributed by atoms with Gasteiger partial charge in [-0.25, -0.2) is 4.79 Å². The second kappa shape index (κ2) is 5.48. The Labute approximate surface area is 117 Å². The fourth-order valence-corrected chi connectivity index (χ4v) is 3.01. The van der Waals surface area contributed by atoms with Gasteiger partial charge in [-0.2, -0.15) is 0 Å². The summed E-state index contributed by atoms with van der Waals surface area (Å²) in [5.41, 5.74) is -0.145. The van der Waals surface area contributed by atoms with E-state index in [1.165, 1.54) is 6.07 Å². The predicted octanol–water partition coefficient (Wildman–Crippen LogP) is 2.78. The third-order valence-electron chi connectivity index (χ3n) is 3.64. The van der Waals surface area contributed by atoms with Gasteiger partial charge in [0.1, 0.15) is 11.3 Å². The first-order valence-corrected chi connectivity index (χ1v) is 6.65. The Bertz CT molecular complexity index is 534. The number of carbonyl (C=O) groups is 1. The van der Waals surface area contributed by atoms with Crippen LogP contribution in [0.5, 0.6) is 0 Å². The number of nitro benzene ring substituents is 1. The molecule has 6 heteroatoms. The molecular weight excluding hydrogens is 260 g/mol. The number of hydrogen-bond donors (Lipinski definition) is 1. The number of carboxylic acid groups (broad SMARTS) is 1. The van der Waals surface area contributed by atoms with Crippen LogP contribution in [0.4, 0.5) is 11.4 Å². The first-order valence-electron chi connectivity index (χ1n) is 6.65. The Morgan fingerprint density at radius 3 is 2.45 bits per heavy atom. The molecule has 1 heterocycles. The number of carboxylic acids is 1. The molecule has 1 aromatic carbocycles. The molecule has 20 heavy (non-hydrogen) atoms. The molecule has 0 saturated carbocycles. The molecule has 0 aliphatic carbocycles. The monoisotopic (exact) mass is 278 g/mol. The quantitative estimate of drug-likeness (QED) is 0.679. The van der Waals surface area contributed by atoms with E-state index in [-0.39, 0.29) is 11.3 Å². The van der Waals surface area contributed by atoms with E-state index in [1.807, 2.05) is 4.90 Å². The molecule has 0 spiro atoms. The number of anilines is 1. The topological polar surface area (TPSA) is 83.7 Å². The number of nitro groups is 1. The number of piperidine rings is 1. The molecule has 1 aromatic rings. The van der Waals surface area contributed by atoms with Crippen molar-refractivity contribution in [3.63, 3.8) is 0 Å². The summed E-state index contributed by atoms with van der Waals surface area (Å²) in [6.07, 6.45) is 1.09. The minimum atomic E-state index is -1.27. The van der Waals surface area contributed by atoms with Crippen LogP contribution in [-0.2, 0) is 0 Å². The van der Waals surface area contributed by atoms with E-state index in [0.29, 0.717) is 30.6 Å². The van der Waals surface area contributed by atoms with Gasteiger partial charge in [0, 0.05) is 13.1 Å². The van der Waals surface area contributed by atoms with Gasteiger partial charge in [0.25, 0.3) is 0 Å². The molecular formula is C14H18N2O4. The first-order chi connectivity index (χ1) is 9.40. The summed E-state index contributed by atoms with van der Waals surface area (Å²) >= 11 is 0. The van der Waals surface area contributed by atoms with Crippen molar-refractivity contribution in [3.05, 3.63) is 33.9 Å². The molecule has 2 atom stereocenters. The summed E-state index contributed by atoms with van der Waals surface area (Å²) in [5.74, 6) is -0.393. The van der Waals surface area contributed by atoms with Crippen LogP contribution in [0.15, 0.2) is 18.2 Å². The lowest BCUT2D eigenvalue weighted by Gasteiger charge is -2.36. The highest BCUT2D eigenvalue weighted by Gasteiger charge is 2.30. The molecule has 108 valence electrons. The van der Waals surface area contributed by atoms with Gasteiger partial charge in [-0.1, -0.05) is 19.9 Å². The van der Waals surface area contributed by atoms with Crippen molar-refractivity contribution in [2.24, 2.45) is 11.8 Å². The number of rotatable bonds is 3. The molecule has 1 fully saturated rings. The van der Waals surface area contributed by atoms with Gasteiger partial charge in [0.05, 0.1) is 4.92 Å². The van der Waals surface area contributed by atoms with Gasteiger partial charge in [0.15, 0.2) is 0 Å². The zero-order valence-corrected chi connectivity index (χ0v) is 11.6. The maximum absolute atomic E-state index is 11.3. The van der Waals surface area contributed by atoms with Gasteiger partial charge in [-0.15, -0.1) is 0 Å². The summed E-state index contributed by atoms with van der Waals surface area (Å²) in [6, 6.07) is 4.48. The third kappa shape index (κ3) is 2.74. The highest BCUT2D eigenvalue weighted by atomic mass is 16.6. The van der Waals surface area contributed by atoms with E-state index in [0.717, 1.165) is 6.42 Å². The molecule has 1 aliphatic rings. The zero-order valence-electron chi connectivity index (χ0n) is 11.6. The molecule has 1 N–H and O–H groups in total. The predicted molar refractivity (Wildman–Crippen MR) is 75.2 cm³/mol. The number of para-hydroxylation sites is 1. The number of aromatic carboxylic acids is 1. The number of nitrogens with zero attached hydrogens (tertiary/aromatic N) is 2. The van der Waals surface area contributed by atoms with Crippen LogP contribution in [0.2, 0.25) is 0 Å². The molecule has 0 aromatic heterocycles. The van der Waals surface area contributed by atoms with Gasteiger partial charge in [-0.3, -0.25) is 10.1 Å². The fraction of sp³-hybridized carbons (Fsp3) is 0.500. The minimum absolute atomic E-state index is 0.252. The molecule has 1 saturated heterocycles. The summed E-state index contributed by atoms with van der Waals surface area (Å²) in [5, 5.41) is 20.4. The highest BCUT2D eigenvalue weighted by molar-refractivity contribution is 5.95. The molecule has 0 radical (unpaired) electrons. The van der Waals surface area contributed by atoms with Crippen molar-refractivity contribution in [1.29, 1.82) is 0 Å². The van der Waals surface area contributed by atoms with E-state index >= 15 is 0 Å². The second-order valence-electron chi connectivity index (χ2n) is 5.59. The average molecular weight is 278 g/mol. The van der Waals surface area contributed by atoms with Crippen LogP contribution in [-0.4, -0.2) is 29.1 Å². The lowest BCUT2D eigenvalue weighted by Crippen LogP contribution is -2.39. The molecule has 2 rings (SSSR count). The van der Waals surface area contributed by atoms with Crippen LogP contribution in [0.25, 0.3) is 0 Å². The SMILES string of the molecule is CC1CC(C)CN(c2cccc(C(=O)O)c2[N+](=O)[O-])C1. The molecule has 6 nitrogen and oxygen atoms in total. The van der Waals surface area contributed by atoms with Gasteiger partial charge in [0.2, 0.25) is 0 Å². The minimum Gasteiger partial charge on any atom is -0.477 e. The van der Waals surface area contributed by atoms with E-state index in [1.54, 1.807) is 12.1 Å². The van der Waals surface area contributed by atoms with Crippen LogP contribution in [0.3, 0.4) is 0 Å². The van der Waals surface area contributed by atoms with E-state index < -0.39 is 10.9 Å². The van der Waals surface area contributed by atoms with E-state index in [2.05, 4.69) is 13.8 Å². The molecule has 0 bridgehead atoms. The number of benzene rings is 1. The zero-order chi connectivity index (χ0) is 14.9. The van der Waals surface area contributed by atoms with Gasteiger partial charge >= 0.3 is 11.7 Å². The second-order valence-corrected chi connectivity index (χ2v) is 5.59. The third-order valence-corrected chi connectivity index (χ3v) is 3.64. The van der Waals surface area contributed by atoms with Gasteiger partial charge in [-0.05, 0) is 30.4 Å². The normalized spacial score (nSPS) is 22.6. The summed E-state index contributed by atoms with van der Waals surface area (Å²) in [7, 11) is 0. The highest BCUT2D eigenvalue weighted by Crippen LogP contribution is 2.35. The van der Waals surface area contributed by atoms with Crippen LogP contribution < -0.4 is 4.90 Å². The van der Waals surface area contributed by atoms with Crippen LogP contribution >= 0.6 is 0 Å². The maximum atomic E-state index is 11.3. The summed E-state index contributed by atoms with van der Waals surface area (Å²) in [6.45, 7) is 5.65. The standard InChI is InChI=1S/C14H18N2O4/c1-9-6-10(2)8-15(7-9)12-5-3-4-11(14(17)18)13(12)16(19)20/h3-5,9-10H,6-8H2,1-2H3,(H,17,18). The molecule has 1 aliphatic heterocycles. The molecule has 0 amide bonds. The Morgan fingerprint density at radius 2 is 1.95 bits per heavy atom. The number of hydrogen-bond acceptors (Lipinski definition) is 4. The van der Waals surface area contributed by atoms with Crippen LogP contribution in [0, 0.1) is 22.0 Å². The van der Waals surface area contributed by atoms with Crippen molar-refractivity contribution in [1.82, 2.24) is 0 Å². The summed E-state index contributed by atoms with van der Waals surface area (Å²) < 4.78 is 0. The van der Waals surface area contributed by atoms with Gasteiger partial charge < -0.3 is 10.0 Å². The Balaban J connectivity index is 2.48. The van der Waals surface area contributed by atoms with E-state index in [9.17, 15) is 14.9 Å². The Morgan fingerprint density at radius 1 is 1.35 bits per heavy atom. The van der Waals surface area contributed by atoms with Crippen LogP contribution in [0.1, 0.15) is 30.6 Å².